The summed E-state index contributed by atoms with van der Waals surface area (Å²) < 4.78 is 5.15. The Labute approximate surface area is 154 Å². The summed E-state index contributed by atoms with van der Waals surface area (Å²) in [6.45, 7) is 2.36. The van der Waals surface area contributed by atoms with Crippen molar-refractivity contribution in [2.24, 2.45) is 5.92 Å². The summed E-state index contributed by atoms with van der Waals surface area (Å²) in [5.74, 6) is -0.789. The first-order valence-corrected chi connectivity index (χ1v) is 8.90. The van der Waals surface area contributed by atoms with E-state index in [-0.39, 0.29) is 18.4 Å². The predicted octanol–water partition coefficient (Wildman–Crippen LogP) is 2.74. The Bertz CT molecular complexity index is 716. The van der Waals surface area contributed by atoms with Gasteiger partial charge in [-0.15, -0.1) is 0 Å². The van der Waals surface area contributed by atoms with Crippen molar-refractivity contribution < 1.29 is 14.3 Å². The predicted molar refractivity (Wildman–Crippen MR) is 102 cm³/mol. The maximum Gasteiger partial charge on any atom is 0.311 e. The van der Waals surface area contributed by atoms with E-state index in [1.165, 1.54) is 0 Å². The van der Waals surface area contributed by atoms with Gasteiger partial charge in [0.1, 0.15) is 0 Å². The molecule has 0 heterocycles. The van der Waals surface area contributed by atoms with Crippen molar-refractivity contribution in [3.05, 3.63) is 65.7 Å². The number of carbonyl (C=O) groups is 2. The quantitative estimate of drug-likeness (QED) is 0.536. The van der Waals surface area contributed by atoms with Crippen molar-refractivity contribution in [1.29, 1.82) is 0 Å². The van der Waals surface area contributed by atoms with Crippen molar-refractivity contribution in [1.82, 2.24) is 5.32 Å². The molecule has 2 aromatic carbocycles. The summed E-state index contributed by atoms with van der Waals surface area (Å²) in [5.41, 5.74) is 8.58. The molecule has 1 unspecified atom stereocenters. The molecule has 0 aromatic heterocycles. The second kappa shape index (κ2) is 10.2. The molecule has 2 rings (SSSR count). The van der Waals surface area contributed by atoms with Crippen LogP contribution in [0.15, 0.2) is 54.6 Å². The maximum absolute atomic E-state index is 12.2. The highest BCUT2D eigenvalue weighted by Gasteiger charge is 2.21. The van der Waals surface area contributed by atoms with Crippen LogP contribution in [-0.2, 0) is 27.2 Å². The smallest absolute Gasteiger partial charge is 0.311 e. The van der Waals surface area contributed by atoms with Gasteiger partial charge in [0.15, 0.2) is 0 Å². The van der Waals surface area contributed by atoms with Crippen LogP contribution in [0.1, 0.15) is 24.5 Å². The van der Waals surface area contributed by atoms with Gasteiger partial charge in [-0.1, -0.05) is 48.5 Å². The molecular weight excluding hydrogens is 328 g/mol. The van der Waals surface area contributed by atoms with E-state index in [1.807, 2.05) is 54.6 Å². The second-order valence-electron chi connectivity index (χ2n) is 6.14. The van der Waals surface area contributed by atoms with Crippen LogP contribution in [0.4, 0.5) is 5.69 Å². The molecule has 3 N–H and O–H groups in total. The lowest BCUT2D eigenvalue weighted by molar-refractivity contribution is -0.147. The number of carbonyl (C=O) groups excluding carboxylic acids is 2. The topological polar surface area (TPSA) is 81.4 Å². The number of ether oxygens (including phenoxy) is 1. The van der Waals surface area contributed by atoms with Gasteiger partial charge in [0.05, 0.1) is 12.5 Å². The van der Waals surface area contributed by atoms with Gasteiger partial charge in [-0.2, -0.15) is 0 Å². The standard InChI is InChI=1S/C21H26N2O3/c1-2-26-21(25)18(14-16-8-4-3-5-9-16)15-23-20(24)13-12-17-10-6-7-11-19(17)22/h3-11,18H,2,12-15,22H2,1H3,(H,23,24). The summed E-state index contributed by atoms with van der Waals surface area (Å²) >= 11 is 0. The Hall–Kier alpha value is -2.82. The van der Waals surface area contributed by atoms with Gasteiger partial charge in [0, 0.05) is 18.7 Å². The number of nitrogen functional groups attached to an aromatic ring is 1. The molecule has 1 amide bonds. The van der Waals surface area contributed by atoms with Gasteiger partial charge >= 0.3 is 5.97 Å². The zero-order valence-electron chi connectivity index (χ0n) is 15.1. The first-order chi connectivity index (χ1) is 12.6. The lowest BCUT2D eigenvalue weighted by atomic mass is 9.99. The van der Waals surface area contributed by atoms with Gasteiger partial charge in [-0.25, -0.2) is 0 Å². The number of esters is 1. The fraction of sp³-hybridized carbons (Fsp3) is 0.333. The van der Waals surface area contributed by atoms with Crippen LogP contribution in [0, 0.1) is 5.92 Å². The molecule has 1 atom stereocenters. The van der Waals surface area contributed by atoms with Crippen molar-refractivity contribution in [3.63, 3.8) is 0 Å². The highest BCUT2D eigenvalue weighted by Crippen LogP contribution is 2.13. The van der Waals surface area contributed by atoms with E-state index in [0.717, 1.165) is 11.1 Å². The molecule has 0 saturated heterocycles. The van der Waals surface area contributed by atoms with Crippen molar-refractivity contribution in [2.75, 3.05) is 18.9 Å². The second-order valence-corrected chi connectivity index (χ2v) is 6.14. The number of nitrogens with one attached hydrogen (secondary N) is 1. The van der Waals surface area contributed by atoms with Gasteiger partial charge < -0.3 is 15.8 Å². The minimum absolute atomic E-state index is 0.101. The van der Waals surface area contributed by atoms with Gasteiger partial charge in [0.25, 0.3) is 0 Å². The van der Waals surface area contributed by atoms with E-state index in [9.17, 15) is 9.59 Å². The van der Waals surface area contributed by atoms with Gasteiger partial charge in [-0.05, 0) is 37.0 Å². The molecule has 0 saturated carbocycles. The molecule has 0 bridgehead atoms. The van der Waals surface area contributed by atoms with Crippen molar-refractivity contribution >= 4 is 17.6 Å². The molecule has 26 heavy (non-hydrogen) atoms. The lowest BCUT2D eigenvalue weighted by Crippen LogP contribution is -2.35. The molecule has 0 aliphatic heterocycles. The average Bonchev–Trinajstić information content (AvgIpc) is 2.65. The Morgan fingerprint density at radius 3 is 2.46 bits per heavy atom. The van der Waals surface area contributed by atoms with Crippen LogP contribution in [0.25, 0.3) is 0 Å². The Morgan fingerprint density at radius 1 is 1.08 bits per heavy atom. The van der Waals surface area contributed by atoms with E-state index in [2.05, 4.69) is 5.32 Å². The number of benzene rings is 2. The van der Waals surface area contributed by atoms with E-state index in [4.69, 9.17) is 10.5 Å². The summed E-state index contributed by atoms with van der Waals surface area (Å²) in [6.07, 6.45) is 1.43. The molecular formula is C21H26N2O3. The highest BCUT2D eigenvalue weighted by atomic mass is 16.5. The zero-order valence-corrected chi connectivity index (χ0v) is 15.1. The van der Waals surface area contributed by atoms with Crippen molar-refractivity contribution in [2.45, 2.75) is 26.2 Å². The Balaban J connectivity index is 1.88. The monoisotopic (exact) mass is 354 g/mol. The number of amides is 1. The largest absolute Gasteiger partial charge is 0.466 e. The van der Waals surface area contributed by atoms with E-state index >= 15 is 0 Å². The van der Waals surface area contributed by atoms with E-state index in [1.54, 1.807) is 6.92 Å². The number of anilines is 1. The molecule has 0 aliphatic carbocycles. The molecule has 5 heteroatoms. The van der Waals surface area contributed by atoms with Crippen LogP contribution in [0.5, 0.6) is 0 Å². The Morgan fingerprint density at radius 2 is 1.77 bits per heavy atom. The number of hydrogen-bond donors (Lipinski definition) is 2. The summed E-state index contributed by atoms with van der Waals surface area (Å²) in [7, 11) is 0. The number of para-hydroxylation sites is 1. The number of nitrogens with two attached hydrogens (primary N) is 1. The first kappa shape index (κ1) is 19.5. The third kappa shape index (κ3) is 6.24. The molecule has 0 spiro atoms. The minimum Gasteiger partial charge on any atom is -0.466 e. The summed E-state index contributed by atoms with van der Waals surface area (Å²) in [6, 6.07) is 17.2. The number of rotatable bonds is 9. The fourth-order valence-corrected chi connectivity index (χ4v) is 2.73. The van der Waals surface area contributed by atoms with Crippen LogP contribution >= 0.6 is 0 Å². The van der Waals surface area contributed by atoms with Crippen LogP contribution in [-0.4, -0.2) is 25.0 Å². The number of hydrogen-bond acceptors (Lipinski definition) is 4. The molecule has 0 radical (unpaired) electrons. The Kier molecular flexibility index (Phi) is 7.68. The fourth-order valence-electron chi connectivity index (χ4n) is 2.73. The highest BCUT2D eigenvalue weighted by molar-refractivity contribution is 5.78. The minimum atomic E-state index is -0.400. The zero-order chi connectivity index (χ0) is 18.8. The van der Waals surface area contributed by atoms with E-state index in [0.29, 0.717) is 31.6 Å². The molecule has 0 aliphatic rings. The molecule has 2 aromatic rings. The lowest BCUT2D eigenvalue weighted by Gasteiger charge is -2.16. The van der Waals surface area contributed by atoms with Gasteiger partial charge in [-0.3, -0.25) is 9.59 Å². The number of aryl methyl sites for hydroxylation is 1. The molecule has 138 valence electrons. The first-order valence-electron chi connectivity index (χ1n) is 8.90. The summed E-state index contributed by atoms with van der Waals surface area (Å²) in [5, 5.41) is 2.85. The van der Waals surface area contributed by atoms with Crippen LogP contribution < -0.4 is 11.1 Å². The van der Waals surface area contributed by atoms with E-state index < -0.39 is 5.92 Å². The average molecular weight is 354 g/mol. The normalized spacial score (nSPS) is 11.6. The molecule has 0 fully saturated rings. The summed E-state index contributed by atoms with van der Waals surface area (Å²) in [4.78, 5) is 24.4. The maximum atomic E-state index is 12.2. The van der Waals surface area contributed by atoms with Crippen molar-refractivity contribution in [3.8, 4) is 0 Å². The third-order valence-electron chi connectivity index (χ3n) is 4.17. The van der Waals surface area contributed by atoms with Gasteiger partial charge in [0.2, 0.25) is 5.91 Å². The molecule has 5 nitrogen and oxygen atoms in total. The van der Waals surface area contributed by atoms with Crippen LogP contribution in [0.2, 0.25) is 0 Å². The SMILES string of the molecule is CCOC(=O)C(CNC(=O)CCc1ccccc1N)Cc1ccccc1. The third-order valence-corrected chi connectivity index (χ3v) is 4.17. The van der Waals surface area contributed by atoms with Crippen LogP contribution in [0.3, 0.4) is 0 Å².